The predicted molar refractivity (Wildman–Crippen MR) is 75.6 cm³/mol. The van der Waals surface area contributed by atoms with Gasteiger partial charge in [-0.25, -0.2) is 9.78 Å². The fraction of sp³-hybridized carbons (Fsp3) is 0.231. The number of aromatic nitrogens is 1. The van der Waals surface area contributed by atoms with Crippen molar-refractivity contribution >= 4 is 34.5 Å². The number of rotatable bonds is 5. The van der Waals surface area contributed by atoms with E-state index in [1.165, 1.54) is 0 Å². The molecule has 0 aliphatic rings. The first kappa shape index (κ1) is 12.7. The second-order valence-electron chi connectivity index (χ2n) is 3.79. The van der Waals surface area contributed by atoms with Gasteiger partial charge in [-0.05, 0) is 30.5 Å². The molecule has 0 saturated heterocycles. The zero-order valence-corrected chi connectivity index (χ0v) is 10.8. The number of nitrogens with zero attached hydrogens (tertiary/aromatic N) is 1. The number of carboxylic acid groups (broad SMARTS) is 1. The molecule has 2 rings (SSSR count). The van der Waals surface area contributed by atoms with E-state index < -0.39 is 5.97 Å². The molecule has 0 radical (unpaired) electrons. The Kier molecular flexibility index (Phi) is 4.04. The van der Waals surface area contributed by atoms with E-state index in [2.05, 4.69) is 16.6 Å². The lowest BCUT2D eigenvalue weighted by Gasteiger charge is -2.07. The molecule has 5 heteroatoms. The molecule has 0 aliphatic carbocycles. The topological polar surface area (TPSA) is 62.2 Å². The molecule has 0 fully saturated rings. The lowest BCUT2D eigenvalue weighted by Crippen LogP contribution is -2.05. The number of carboxylic acids is 1. The van der Waals surface area contributed by atoms with Crippen molar-refractivity contribution < 1.29 is 9.90 Å². The fourth-order valence-corrected chi connectivity index (χ4v) is 2.03. The highest BCUT2D eigenvalue weighted by Crippen LogP contribution is 2.19. The van der Waals surface area contributed by atoms with Gasteiger partial charge in [-0.3, -0.25) is 0 Å². The summed E-state index contributed by atoms with van der Waals surface area (Å²) in [6, 6.07) is 8.74. The molecule has 2 N–H and O–H groups in total. The highest BCUT2D eigenvalue weighted by Gasteiger charge is 2.08. The zero-order valence-electron chi connectivity index (χ0n) is 10.0. The van der Waals surface area contributed by atoms with Crippen molar-refractivity contribution in [3.63, 3.8) is 0 Å². The van der Waals surface area contributed by atoms with Crippen molar-refractivity contribution in [1.29, 1.82) is 0 Å². The molecular weight excluding hydrogens is 248 g/mol. The van der Waals surface area contributed by atoms with Crippen LogP contribution in [-0.2, 0) is 0 Å². The Hall–Kier alpha value is -1.75. The van der Waals surface area contributed by atoms with Crippen LogP contribution in [0.25, 0.3) is 10.9 Å². The summed E-state index contributed by atoms with van der Waals surface area (Å²) in [6.07, 6.45) is 2.05. The molecule has 1 heterocycles. The van der Waals surface area contributed by atoms with Crippen LogP contribution in [0.4, 0.5) is 5.82 Å². The molecule has 0 spiro atoms. The summed E-state index contributed by atoms with van der Waals surface area (Å²) in [6.45, 7) is 0.846. The fourth-order valence-electron chi connectivity index (χ4n) is 1.72. The van der Waals surface area contributed by atoms with Gasteiger partial charge in [0.05, 0.1) is 11.1 Å². The van der Waals surface area contributed by atoms with E-state index in [0.717, 1.165) is 18.1 Å². The number of hydrogen-bond acceptors (Lipinski definition) is 4. The number of benzene rings is 1. The van der Waals surface area contributed by atoms with Crippen LogP contribution >= 0.6 is 11.8 Å². The number of anilines is 1. The third-order valence-electron chi connectivity index (χ3n) is 2.57. The number of hydrogen-bond donors (Lipinski definition) is 2. The highest BCUT2D eigenvalue weighted by atomic mass is 32.2. The molecule has 0 saturated carbocycles. The van der Waals surface area contributed by atoms with Crippen LogP contribution < -0.4 is 5.32 Å². The molecule has 4 nitrogen and oxygen atoms in total. The lowest BCUT2D eigenvalue weighted by molar-refractivity contribution is 0.0699. The minimum absolute atomic E-state index is 0.288. The van der Waals surface area contributed by atoms with Crippen LogP contribution in [0.15, 0.2) is 30.3 Å². The molecular formula is C13H14N2O2S. The van der Waals surface area contributed by atoms with Gasteiger partial charge in [-0.15, -0.1) is 0 Å². The molecule has 0 aliphatic heterocycles. The Balaban J connectivity index is 2.32. The van der Waals surface area contributed by atoms with E-state index >= 15 is 0 Å². The quantitative estimate of drug-likeness (QED) is 0.811. The smallest absolute Gasteiger partial charge is 0.336 e. The number of thioether (sulfide) groups is 1. The summed E-state index contributed by atoms with van der Waals surface area (Å²) in [5.41, 5.74) is 0.986. The number of carbonyl (C=O) groups is 1. The minimum atomic E-state index is -0.925. The normalized spacial score (nSPS) is 10.5. The third kappa shape index (κ3) is 2.73. The minimum Gasteiger partial charge on any atom is -0.478 e. The lowest BCUT2D eigenvalue weighted by atomic mass is 10.1. The molecule has 94 valence electrons. The molecule has 1 aromatic carbocycles. The van der Waals surface area contributed by atoms with Crippen LogP contribution in [0.2, 0.25) is 0 Å². The van der Waals surface area contributed by atoms with Crippen molar-refractivity contribution in [3.05, 3.63) is 35.9 Å². The third-order valence-corrected chi connectivity index (χ3v) is 3.19. The molecule has 18 heavy (non-hydrogen) atoms. The SMILES string of the molecule is CSCCNc1ccc2c(C(=O)O)cccc2n1. The average molecular weight is 262 g/mol. The molecule has 0 unspecified atom stereocenters. The second kappa shape index (κ2) is 5.73. The van der Waals surface area contributed by atoms with Gasteiger partial charge in [-0.2, -0.15) is 11.8 Å². The largest absolute Gasteiger partial charge is 0.478 e. The predicted octanol–water partition coefficient (Wildman–Crippen LogP) is 2.71. The number of fused-ring (bicyclic) bond motifs is 1. The van der Waals surface area contributed by atoms with Crippen molar-refractivity contribution in [3.8, 4) is 0 Å². The maximum absolute atomic E-state index is 11.1. The average Bonchev–Trinajstić information content (AvgIpc) is 2.38. The zero-order chi connectivity index (χ0) is 13.0. The van der Waals surface area contributed by atoms with Gasteiger partial charge < -0.3 is 10.4 Å². The van der Waals surface area contributed by atoms with E-state index in [-0.39, 0.29) is 5.56 Å². The van der Waals surface area contributed by atoms with Crippen LogP contribution in [0.3, 0.4) is 0 Å². The van der Waals surface area contributed by atoms with Crippen LogP contribution in [0.1, 0.15) is 10.4 Å². The van der Waals surface area contributed by atoms with Crippen molar-refractivity contribution in [2.75, 3.05) is 23.9 Å². The standard InChI is InChI=1S/C13H14N2O2S/c1-18-8-7-14-12-6-5-9-10(13(16)17)3-2-4-11(9)15-12/h2-6H,7-8H2,1H3,(H,14,15)(H,16,17). The molecule has 0 bridgehead atoms. The Morgan fingerprint density at radius 3 is 2.94 bits per heavy atom. The summed E-state index contributed by atoms with van der Waals surface area (Å²) >= 11 is 1.76. The maximum Gasteiger partial charge on any atom is 0.336 e. The summed E-state index contributed by atoms with van der Waals surface area (Å²) in [7, 11) is 0. The van der Waals surface area contributed by atoms with Gasteiger partial charge in [0, 0.05) is 17.7 Å². The Labute approximate surface area is 109 Å². The first-order valence-corrected chi connectivity index (χ1v) is 6.97. The van der Waals surface area contributed by atoms with Crippen LogP contribution in [0, 0.1) is 0 Å². The molecule has 1 aromatic heterocycles. The number of pyridine rings is 1. The van der Waals surface area contributed by atoms with E-state index in [4.69, 9.17) is 5.11 Å². The van der Waals surface area contributed by atoms with E-state index in [9.17, 15) is 4.79 Å². The van der Waals surface area contributed by atoms with E-state index in [1.807, 2.05) is 12.1 Å². The van der Waals surface area contributed by atoms with Crippen LogP contribution in [0.5, 0.6) is 0 Å². The van der Waals surface area contributed by atoms with Gasteiger partial charge in [0.1, 0.15) is 5.82 Å². The summed E-state index contributed by atoms with van der Waals surface area (Å²) in [5.74, 6) is 0.860. The highest BCUT2D eigenvalue weighted by molar-refractivity contribution is 7.98. The van der Waals surface area contributed by atoms with Crippen LogP contribution in [-0.4, -0.2) is 34.6 Å². The summed E-state index contributed by atoms with van der Waals surface area (Å²) in [5, 5.41) is 13.0. The summed E-state index contributed by atoms with van der Waals surface area (Å²) in [4.78, 5) is 15.5. The van der Waals surface area contributed by atoms with Crippen molar-refractivity contribution in [2.45, 2.75) is 0 Å². The molecule has 0 amide bonds. The Morgan fingerprint density at radius 1 is 1.39 bits per heavy atom. The summed E-state index contributed by atoms with van der Waals surface area (Å²) < 4.78 is 0. The first-order valence-electron chi connectivity index (χ1n) is 5.58. The van der Waals surface area contributed by atoms with E-state index in [1.54, 1.807) is 30.0 Å². The second-order valence-corrected chi connectivity index (χ2v) is 4.78. The number of aromatic carboxylic acids is 1. The van der Waals surface area contributed by atoms with Crippen molar-refractivity contribution in [1.82, 2.24) is 4.98 Å². The molecule has 2 aromatic rings. The van der Waals surface area contributed by atoms with E-state index in [0.29, 0.717) is 10.9 Å². The number of nitrogens with one attached hydrogen (secondary N) is 1. The first-order chi connectivity index (χ1) is 8.72. The Bertz CT molecular complexity index is 572. The van der Waals surface area contributed by atoms with Gasteiger partial charge in [0.2, 0.25) is 0 Å². The van der Waals surface area contributed by atoms with Gasteiger partial charge in [-0.1, -0.05) is 6.07 Å². The van der Waals surface area contributed by atoms with Gasteiger partial charge in [0.25, 0.3) is 0 Å². The maximum atomic E-state index is 11.1. The Morgan fingerprint density at radius 2 is 2.22 bits per heavy atom. The van der Waals surface area contributed by atoms with Crippen molar-refractivity contribution in [2.24, 2.45) is 0 Å². The monoisotopic (exact) mass is 262 g/mol. The van der Waals surface area contributed by atoms with Gasteiger partial charge >= 0.3 is 5.97 Å². The molecule has 0 atom stereocenters. The van der Waals surface area contributed by atoms with Gasteiger partial charge in [0.15, 0.2) is 0 Å².